The van der Waals surface area contributed by atoms with Gasteiger partial charge in [0.15, 0.2) is 0 Å². The summed E-state index contributed by atoms with van der Waals surface area (Å²) < 4.78 is 3.74. The Morgan fingerprint density at radius 1 is 0.561 bits per heavy atom. The molecule has 0 aliphatic heterocycles. The minimum absolute atomic E-state index is 0.493. The van der Waals surface area contributed by atoms with Crippen LogP contribution in [0.3, 0.4) is 0 Å². The van der Waals surface area contributed by atoms with Crippen LogP contribution in [0.4, 0.5) is 0 Å². The van der Waals surface area contributed by atoms with Crippen LogP contribution in [0.15, 0.2) is 108 Å². The fourth-order valence-corrected chi connectivity index (χ4v) is 18.1. The molecule has 0 bridgehead atoms. The van der Waals surface area contributed by atoms with E-state index >= 15 is 0 Å². The Morgan fingerprint density at radius 3 is 1.34 bits per heavy atom. The predicted molar refractivity (Wildman–Crippen MR) is 178 cm³/mol. The van der Waals surface area contributed by atoms with Gasteiger partial charge in [0.25, 0.3) is 0 Å². The summed E-state index contributed by atoms with van der Waals surface area (Å²) in [5.74, 6) is 0. The second-order valence-electron chi connectivity index (χ2n) is 13.2. The molecule has 0 saturated heterocycles. The van der Waals surface area contributed by atoms with Crippen molar-refractivity contribution >= 4 is 16.5 Å². The average molecular weight is 573 g/mol. The molecule has 1 heteroatoms. The monoisotopic (exact) mass is 572 g/mol. The Morgan fingerprint density at radius 2 is 0.976 bits per heavy atom. The van der Waals surface area contributed by atoms with E-state index in [1.807, 2.05) is 0 Å². The molecule has 0 nitrogen and oxygen atoms in total. The zero-order valence-electron chi connectivity index (χ0n) is 25.5. The van der Waals surface area contributed by atoms with E-state index in [1.54, 1.807) is 22.3 Å². The summed E-state index contributed by atoms with van der Waals surface area (Å²) in [6.45, 7) is 7.10. The van der Waals surface area contributed by atoms with Crippen LogP contribution in [0.1, 0.15) is 77.2 Å². The van der Waals surface area contributed by atoms with Crippen LogP contribution in [0, 0.1) is 0 Å². The predicted octanol–water partition coefficient (Wildman–Crippen LogP) is 11.8. The molecule has 2 aliphatic rings. The normalized spacial score (nSPS) is 18.0. The Bertz CT molecular complexity index is 1590. The number of fused-ring (bicyclic) bond motifs is 2. The third kappa shape index (κ3) is 4.61. The second kappa shape index (κ2) is 11.0. The first-order chi connectivity index (χ1) is 19.9. The molecule has 0 aromatic heterocycles. The van der Waals surface area contributed by atoms with Gasteiger partial charge in [-0.3, -0.25) is 0 Å². The van der Waals surface area contributed by atoms with Gasteiger partial charge in [-0.05, 0) is 0 Å². The van der Waals surface area contributed by atoms with Crippen molar-refractivity contribution in [3.05, 3.63) is 130 Å². The zero-order valence-corrected chi connectivity index (χ0v) is 27.0. The van der Waals surface area contributed by atoms with Crippen LogP contribution in [-0.2, 0) is 14.8 Å². The molecule has 0 saturated carbocycles. The average Bonchev–Trinajstić information content (AvgIpc) is 3.58. The molecule has 208 valence electrons. The van der Waals surface area contributed by atoms with Gasteiger partial charge in [-0.25, -0.2) is 0 Å². The summed E-state index contributed by atoms with van der Waals surface area (Å²) >= 11 is -3.54. The van der Waals surface area contributed by atoms with Gasteiger partial charge in [-0.1, -0.05) is 0 Å². The summed E-state index contributed by atoms with van der Waals surface area (Å²) in [4.78, 5) is 0. The molecule has 0 heterocycles. The van der Waals surface area contributed by atoms with Crippen LogP contribution < -0.4 is 0 Å². The van der Waals surface area contributed by atoms with Gasteiger partial charge in [-0.2, -0.15) is 0 Å². The molecular weight excluding hydrogens is 528 g/mol. The van der Waals surface area contributed by atoms with E-state index in [9.17, 15) is 0 Å². The molecule has 0 N–H and O–H groups in total. The minimum atomic E-state index is -3.54. The van der Waals surface area contributed by atoms with Crippen molar-refractivity contribution in [2.45, 2.75) is 65.4 Å². The fraction of sp³-hybridized carbons (Fsp3) is 0.275. The molecule has 2 aliphatic carbocycles. The number of rotatable bonds is 8. The Kier molecular flexibility index (Phi) is 7.52. The van der Waals surface area contributed by atoms with E-state index in [2.05, 4.69) is 145 Å². The van der Waals surface area contributed by atoms with Gasteiger partial charge < -0.3 is 0 Å². The van der Waals surface area contributed by atoms with Crippen LogP contribution >= 0.6 is 0 Å². The molecule has 0 radical (unpaired) electrons. The number of allylic oxidation sites excluding steroid dienone is 2. The van der Waals surface area contributed by atoms with Gasteiger partial charge in [0.1, 0.15) is 0 Å². The van der Waals surface area contributed by atoms with Gasteiger partial charge in [0, 0.05) is 0 Å². The number of benzene rings is 4. The first-order valence-electron chi connectivity index (χ1n) is 15.7. The molecule has 4 aromatic rings. The molecule has 0 amide bonds. The van der Waals surface area contributed by atoms with E-state index in [0.717, 1.165) is 0 Å². The van der Waals surface area contributed by atoms with Crippen molar-refractivity contribution in [1.29, 1.82) is 0 Å². The van der Waals surface area contributed by atoms with E-state index in [-0.39, 0.29) is 0 Å². The van der Waals surface area contributed by atoms with E-state index < -0.39 is 14.8 Å². The maximum atomic E-state index is 2.76. The standard InChI is InChI=1S/2C18H17.C2H4.2CH3.Ti/c2*1-2-7-14-12-16-10-6-11-17(18(16)13-14)15-8-4-3-5-9-15;1-2;;;/h2*3-6,8-13H,2,7H2,1H3;1H,2H3;2*1H3;. The molecule has 41 heavy (non-hydrogen) atoms. The first-order valence-corrected chi connectivity index (χ1v) is 21.5. The summed E-state index contributed by atoms with van der Waals surface area (Å²) in [6.07, 6.45) is 9.90. The van der Waals surface area contributed by atoms with Crippen molar-refractivity contribution < 1.29 is 14.8 Å². The van der Waals surface area contributed by atoms with Gasteiger partial charge in [-0.15, -0.1) is 0 Å². The summed E-state index contributed by atoms with van der Waals surface area (Å²) in [5, 5.41) is 5.52. The van der Waals surface area contributed by atoms with Crippen LogP contribution in [0.2, 0.25) is 10.5 Å². The SMILES string of the molecule is C[CH]=[Ti]([CH3])([CH3])([CH]1C(CCC)=Cc2c(-c3ccccc3)cccc21)[CH]1C(CCC)=Cc2c(-c3ccccc3)cccc21. The van der Waals surface area contributed by atoms with Crippen molar-refractivity contribution in [2.24, 2.45) is 0 Å². The molecule has 0 spiro atoms. The van der Waals surface area contributed by atoms with Gasteiger partial charge in [0.05, 0.1) is 0 Å². The first kappa shape index (κ1) is 28.1. The van der Waals surface area contributed by atoms with E-state index in [0.29, 0.717) is 8.45 Å². The maximum absolute atomic E-state index is 3.54. The summed E-state index contributed by atoms with van der Waals surface area (Å²) in [6, 6.07) is 36.2. The molecule has 0 fully saturated rings. The number of hydrogen-bond donors (Lipinski definition) is 0. The Labute approximate surface area is 248 Å². The van der Waals surface area contributed by atoms with E-state index in [4.69, 9.17) is 0 Å². The third-order valence-electron chi connectivity index (χ3n) is 10.3. The summed E-state index contributed by atoms with van der Waals surface area (Å²) in [5.41, 5.74) is 14.8. The molecule has 4 aromatic carbocycles. The zero-order chi connectivity index (χ0) is 28.6. The molecule has 6 rings (SSSR count). The van der Waals surface area contributed by atoms with Gasteiger partial charge >= 0.3 is 249 Å². The van der Waals surface area contributed by atoms with Crippen molar-refractivity contribution in [1.82, 2.24) is 0 Å². The molecule has 2 unspecified atom stereocenters. The third-order valence-corrected chi connectivity index (χ3v) is 20.9. The van der Waals surface area contributed by atoms with Crippen molar-refractivity contribution in [3.63, 3.8) is 0 Å². The van der Waals surface area contributed by atoms with Crippen LogP contribution in [0.25, 0.3) is 34.4 Å². The Hall–Kier alpha value is -3.06. The molecule has 2 atom stereocenters. The second-order valence-corrected chi connectivity index (χ2v) is 24.4. The fourth-order valence-electron chi connectivity index (χ4n) is 8.33. The van der Waals surface area contributed by atoms with Crippen LogP contribution in [-0.4, -0.2) is 4.31 Å². The topological polar surface area (TPSA) is 0 Å². The van der Waals surface area contributed by atoms with Crippen LogP contribution in [0.5, 0.6) is 0 Å². The van der Waals surface area contributed by atoms with Crippen molar-refractivity contribution in [2.75, 3.05) is 0 Å². The quantitative estimate of drug-likeness (QED) is 0.184. The Balaban J connectivity index is 1.59. The van der Waals surface area contributed by atoms with E-state index in [1.165, 1.54) is 59.1 Å². The molecular formula is C40H44Ti. The van der Waals surface area contributed by atoms with Crippen molar-refractivity contribution in [3.8, 4) is 22.3 Å². The number of hydrogen-bond acceptors (Lipinski definition) is 0. The summed E-state index contributed by atoms with van der Waals surface area (Å²) in [7, 11) is 0. The van der Waals surface area contributed by atoms with Gasteiger partial charge in [0.2, 0.25) is 0 Å².